The maximum absolute atomic E-state index is 5.50. The van der Waals surface area contributed by atoms with Crippen LogP contribution in [0.3, 0.4) is 0 Å². The first-order valence-electron chi connectivity index (χ1n) is 6.02. The molecule has 1 N–H and O–H groups in total. The lowest BCUT2D eigenvalue weighted by Gasteiger charge is -2.33. The van der Waals surface area contributed by atoms with E-state index in [4.69, 9.17) is 4.74 Å². The van der Waals surface area contributed by atoms with Crippen molar-refractivity contribution in [3.63, 3.8) is 0 Å². The van der Waals surface area contributed by atoms with Crippen molar-refractivity contribution in [1.29, 1.82) is 0 Å². The molecule has 1 aliphatic carbocycles. The maximum atomic E-state index is 5.50. The second-order valence-corrected chi connectivity index (χ2v) is 5.51. The third-order valence-corrected chi connectivity index (χ3v) is 3.85. The molecule has 14 heavy (non-hydrogen) atoms. The fraction of sp³-hybridized carbons (Fsp3) is 1.00. The highest BCUT2D eigenvalue weighted by atomic mass is 16.5. The third-order valence-electron chi connectivity index (χ3n) is 3.85. The van der Waals surface area contributed by atoms with Crippen molar-refractivity contribution in [3.05, 3.63) is 0 Å². The molecule has 2 aliphatic rings. The van der Waals surface area contributed by atoms with Gasteiger partial charge in [-0.25, -0.2) is 0 Å². The Morgan fingerprint density at radius 3 is 2.64 bits per heavy atom. The van der Waals surface area contributed by atoms with Crippen LogP contribution >= 0.6 is 0 Å². The monoisotopic (exact) mass is 197 g/mol. The number of nitrogens with one attached hydrogen (secondary N) is 1. The zero-order chi connectivity index (χ0) is 10.0. The summed E-state index contributed by atoms with van der Waals surface area (Å²) in [7, 11) is 0. The Morgan fingerprint density at radius 2 is 2.07 bits per heavy atom. The maximum Gasteiger partial charge on any atom is 0.0619 e. The van der Waals surface area contributed by atoms with E-state index in [0.717, 1.165) is 13.2 Å². The van der Waals surface area contributed by atoms with Crippen molar-refractivity contribution >= 4 is 0 Å². The summed E-state index contributed by atoms with van der Waals surface area (Å²) in [6.07, 6.45) is 6.64. The van der Waals surface area contributed by atoms with Gasteiger partial charge in [0.1, 0.15) is 0 Å². The molecular weight excluding hydrogens is 174 g/mol. The second-order valence-electron chi connectivity index (χ2n) is 5.51. The van der Waals surface area contributed by atoms with Gasteiger partial charge >= 0.3 is 0 Å². The lowest BCUT2D eigenvalue weighted by molar-refractivity contribution is 0.0606. The molecule has 1 saturated heterocycles. The molecule has 0 spiro atoms. The van der Waals surface area contributed by atoms with Crippen molar-refractivity contribution in [1.82, 2.24) is 5.32 Å². The number of hydrogen-bond acceptors (Lipinski definition) is 2. The van der Waals surface area contributed by atoms with Crippen LogP contribution in [0.15, 0.2) is 0 Å². The summed E-state index contributed by atoms with van der Waals surface area (Å²) in [6, 6.07) is 1.33. The van der Waals surface area contributed by atoms with E-state index in [1.807, 2.05) is 0 Å². The van der Waals surface area contributed by atoms with Crippen LogP contribution in [0.5, 0.6) is 0 Å². The van der Waals surface area contributed by atoms with Gasteiger partial charge < -0.3 is 10.1 Å². The molecule has 2 nitrogen and oxygen atoms in total. The van der Waals surface area contributed by atoms with E-state index in [1.54, 1.807) is 0 Å². The van der Waals surface area contributed by atoms with Crippen LogP contribution in [-0.2, 0) is 4.74 Å². The molecule has 0 aromatic rings. The van der Waals surface area contributed by atoms with Crippen LogP contribution < -0.4 is 5.32 Å². The van der Waals surface area contributed by atoms with E-state index in [9.17, 15) is 0 Å². The molecule has 2 heteroatoms. The summed E-state index contributed by atoms with van der Waals surface area (Å²) >= 11 is 0. The fourth-order valence-electron chi connectivity index (χ4n) is 2.79. The van der Waals surface area contributed by atoms with Crippen LogP contribution in [0.2, 0.25) is 0 Å². The second kappa shape index (κ2) is 4.19. The zero-order valence-electron chi connectivity index (χ0n) is 9.51. The Bertz CT molecular complexity index is 185. The quantitative estimate of drug-likeness (QED) is 0.733. The van der Waals surface area contributed by atoms with E-state index in [1.165, 1.54) is 32.1 Å². The lowest BCUT2D eigenvalue weighted by Crippen LogP contribution is -2.47. The van der Waals surface area contributed by atoms with E-state index in [0.29, 0.717) is 17.5 Å². The van der Waals surface area contributed by atoms with Crippen LogP contribution in [0.1, 0.15) is 46.0 Å². The molecule has 0 amide bonds. The number of rotatable bonds is 2. The molecule has 2 fully saturated rings. The SMILES string of the molecule is CC1(C)CCCC1NC1CCCOC1. The summed E-state index contributed by atoms with van der Waals surface area (Å²) in [5, 5.41) is 3.78. The Morgan fingerprint density at radius 1 is 1.21 bits per heavy atom. The molecule has 1 heterocycles. The van der Waals surface area contributed by atoms with Gasteiger partial charge in [0.15, 0.2) is 0 Å². The molecule has 0 aromatic carbocycles. The highest BCUT2D eigenvalue weighted by Gasteiger charge is 2.35. The van der Waals surface area contributed by atoms with Crippen LogP contribution in [0.25, 0.3) is 0 Å². The molecule has 2 rings (SSSR count). The fourth-order valence-corrected chi connectivity index (χ4v) is 2.79. The van der Waals surface area contributed by atoms with Crippen molar-refractivity contribution in [3.8, 4) is 0 Å². The van der Waals surface area contributed by atoms with Gasteiger partial charge in [-0.3, -0.25) is 0 Å². The van der Waals surface area contributed by atoms with Gasteiger partial charge in [-0.05, 0) is 31.1 Å². The Kier molecular flexibility index (Phi) is 3.13. The molecule has 82 valence electrons. The summed E-state index contributed by atoms with van der Waals surface area (Å²) in [6.45, 7) is 6.67. The van der Waals surface area contributed by atoms with Crippen molar-refractivity contribution in [2.24, 2.45) is 5.41 Å². The molecule has 0 radical (unpaired) electrons. The summed E-state index contributed by atoms with van der Waals surface area (Å²) < 4.78 is 5.50. The molecule has 0 bridgehead atoms. The van der Waals surface area contributed by atoms with Gasteiger partial charge in [0.05, 0.1) is 6.61 Å². The van der Waals surface area contributed by atoms with Gasteiger partial charge in [-0.15, -0.1) is 0 Å². The van der Waals surface area contributed by atoms with Crippen molar-refractivity contribution < 1.29 is 4.74 Å². The average molecular weight is 197 g/mol. The Balaban J connectivity index is 1.83. The van der Waals surface area contributed by atoms with Gasteiger partial charge in [-0.2, -0.15) is 0 Å². The molecule has 2 atom stereocenters. The average Bonchev–Trinajstić information content (AvgIpc) is 2.48. The zero-order valence-corrected chi connectivity index (χ0v) is 9.51. The molecule has 1 saturated carbocycles. The normalized spacial score (nSPS) is 37.3. The largest absolute Gasteiger partial charge is 0.380 e. The minimum Gasteiger partial charge on any atom is -0.380 e. The first-order chi connectivity index (χ1) is 6.68. The summed E-state index contributed by atoms with van der Waals surface area (Å²) in [4.78, 5) is 0. The standard InChI is InChI=1S/C12H23NO/c1-12(2)7-3-6-11(12)13-10-5-4-8-14-9-10/h10-11,13H,3-9H2,1-2H3. The molecule has 0 aromatic heterocycles. The molecular formula is C12H23NO. The van der Waals surface area contributed by atoms with E-state index in [2.05, 4.69) is 19.2 Å². The summed E-state index contributed by atoms with van der Waals surface area (Å²) in [5.74, 6) is 0. The Hall–Kier alpha value is -0.0800. The van der Waals surface area contributed by atoms with Gasteiger partial charge in [0.2, 0.25) is 0 Å². The van der Waals surface area contributed by atoms with Crippen molar-refractivity contribution in [2.45, 2.75) is 58.0 Å². The van der Waals surface area contributed by atoms with Crippen LogP contribution in [-0.4, -0.2) is 25.3 Å². The highest BCUT2D eigenvalue weighted by molar-refractivity contribution is 4.92. The van der Waals surface area contributed by atoms with Crippen LogP contribution in [0.4, 0.5) is 0 Å². The molecule has 1 aliphatic heterocycles. The van der Waals surface area contributed by atoms with E-state index >= 15 is 0 Å². The first-order valence-corrected chi connectivity index (χ1v) is 6.02. The topological polar surface area (TPSA) is 21.3 Å². The van der Waals surface area contributed by atoms with Gasteiger partial charge in [0.25, 0.3) is 0 Å². The smallest absolute Gasteiger partial charge is 0.0619 e. The van der Waals surface area contributed by atoms with Gasteiger partial charge in [-0.1, -0.05) is 20.3 Å². The summed E-state index contributed by atoms with van der Waals surface area (Å²) in [5.41, 5.74) is 0.497. The highest BCUT2D eigenvalue weighted by Crippen LogP contribution is 2.37. The predicted octanol–water partition coefficient (Wildman–Crippen LogP) is 2.33. The lowest BCUT2D eigenvalue weighted by atomic mass is 9.86. The Labute approximate surface area is 87.4 Å². The van der Waals surface area contributed by atoms with E-state index < -0.39 is 0 Å². The van der Waals surface area contributed by atoms with Crippen LogP contribution in [0, 0.1) is 5.41 Å². The minimum absolute atomic E-state index is 0.497. The van der Waals surface area contributed by atoms with Crippen molar-refractivity contribution in [2.75, 3.05) is 13.2 Å². The minimum atomic E-state index is 0.497. The van der Waals surface area contributed by atoms with E-state index in [-0.39, 0.29) is 0 Å². The van der Waals surface area contributed by atoms with Gasteiger partial charge in [0, 0.05) is 18.7 Å². The molecule has 2 unspecified atom stereocenters. The third kappa shape index (κ3) is 2.29. The number of ether oxygens (including phenoxy) is 1. The predicted molar refractivity (Wildman–Crippen MR) is 58.4 cm³/mol. The first kappa shape index (κ1) is 10.4. The number of hydrogen-bond donors (Lipinski definition) is 1.